The van der Waals surface area contributed by atoms with Gasteiger partial charge in [-0.05, 0) is 13.0 Å². The summed E-state index contributed by atoms with van der Waals surface area (Å²) in [6, 6.07) is 1.04. The molecular formula is C12H19N5O3. The van der Waals surface area contributed by atoms with Gasteiger partial charge in [0.05, 0.1) is 13.2 Å². The van der Waals surface area contributed by atoms with Crippen molar-refractivity contribution in [2.24, 2.45) is 0 Å². The van der Waals surface area contributed by atoms with Crippen LogP contribution in [0.2, 0.25) is 0 Å². The van der Waals surface area contributed by atoms with Crippen molar-refractivity contribution in [1.82, 2.24) is 20.0 Å². The van der Waals surface area contributed by atoms with Gasteiger partial charge in [-0.15, -0.1) is 0 Å². The molecule has 0 aromatic carbocycles. The molecule has 8 heteroatoms. The molecule has 110 valence electrons. The highest BCUT2D eigenvalue weighted by molar-refractivity contribution is 5.87. The van der Waals surface area contributed by atoms with Crippen molar-refractivity contribution < 1.29 is 14.3 Å². The first-order chi connectivity index (χ1) is 9.61. The third kappa shape index (κ3) is 3.27. The maximum absolute atomic E-state index is 12.3. The summed E-state index contributed by atoms with van der Waals surface area (Å²) in [5.41, 5.74) is 5.51. The number of carbonyl (C=O) groups excluding carboxylic acids is 2. The Morgan fingerprint density at radius 2 is 2.40 bits per heavy atom. The number of rotatable bonds is 4. The van der Waals surface area contributed by atoms with Crippen LogP contribution in [0, 0.1) is 0 Å². The third-order valence-corrected chi connectivity index (χ3v) is 3.06. The van der Waals surface area contributed by atoms with E-state index in [0.717, 1.165) is 0 Å². The average molecular weight is 281 g/mol. The highest BCUT2D eigenvalue weighted by atomic mass is 16.5. The first kappa shape index (κ1) is 14.3. The number of aromatic nitrogens is 2. The fourth-order valence-electron chi connectivity index (χ4n) is 2.11. The molecule has 0 spiro atoms. The second kappa shape index (κ2) is 6.38. The number of hydrogen-bond acceptors (Lipinski definition) is 5. The Labute approximate surface area is 116 Å². The van der Waals surface area contributed by atoms with Gasteiger partial charge in [-0.2, -0.15) is 5.10 Å². The maximum Gasteiger partial charge on any atom is 0.245 e. The molecule has 3 N–H and O–H groups in total. The molecule has 2 heterocycles. The lowest BCUT2D eigenvalue weighted by Crippen LogP contribution is -2.56. The molecule has 1 aliphatic rings. The molecule has 2 rings (SSSR count). The van der Waals surface area contributed by atoms with E-state index < -0.39 is 6.04 Å². The van der Waals surface area contributed by atoms with Gasteiger partial charge in [0.1, 0.15) is 18.4 Å². The number of ether oxygens (including phenoxy) is 1. The number of likely N-dealkylation sites (N-methyl/N-ethyl adjacent to an activating group) is 1. The quantitative estimate of drug-likeness (QED) is 0.724. The van der Waals surface area contributed by atoms with Crippen LogP contribution in [-0.4, -0.2) is 58.8 Å². The van der Waals surface area contributed by atoms with E-state index in [-0.39, 0.29) is 25.0 Å². The van der Waals surface area contributed by atoms with E-state index in [1.54, 1.807) is 12.3 Å². The summed E-state index contributed by atoms with van der Waals surface area (Å²) >= 11 is 0. The molecular weight excluding hydrogens is 262 g/mol. The van der Waals surface area contributed by atoms with E-state index in [4.69, 9.17) is 10.5 Å². The normalized spacial score (nSPS) is 18.9. The zero-order chi connectivity index (χ0) is 14.5. The van der Waals surface area contributed by atoms with Crippen molar-refractivity contribution in [1.29, 1.82) is 0 Å². The second-order valence-corrected chi connectivity index (χ2v) is 4.51. The lowest BCUT2D eigenvalue weighted by Gasteiger charge is -2.34. The number of nitrogens with zero attached hydrogens (tertiary/aromatic N) is 3. The molecule has 1 unspecified atom stereocenters. The standard InChI is InChI=1S/C12H19N5O3/c1-2-14-12(19)9-8-20-6-5-17(9)11(18)7-16-4-3-10(13)15-16/h3-4,9H,2,5-8H2,1H3,(H2,13,15)(H,14,19). The van der Waals surface area contributed by atoms with Crippen molar-refractivity contribution in [2.75, 3.05) is 32.0 Å². The van der Waals surface area contributed by atoms with Crippen molar-refractivity contribution in [3.63, 3.8) is 0 Å². The molecule has 20 heavy (non-hydrogen) atoms. The molecule has 1 atom stereocenters. The monoisotopic (exact) mass is 281 g/mol. The van der Waals surface area contributed by atoms with Crippen LogP contribution in [0.25, 0.3) is 0 Å². The van der Waals surface area contributed by atoms with Gasteiger partial charge in [-0.3, -0.25) is 14.3 Å². The molecule has 0 bridgehead atoms. The third-order valence-electron chi connectivity index (χ3n) is 3.06. The Morgan fingerprint density at radius 1 is 1.60 bits per heavy atom. The molecule has 0 radical (unpaired) electrons. The van der Waals surface area contributed by atoms with Crippen LogP contribution in [-0.2, 0) is 20.9 Å². The first-order valence-corrected chi connectivity index (χ1v) is 6.55. The number of amides is 2. The van der Waals surface area contributed by atoms with E-state index in [9.17, 15) is 9.59 Å². The Balaban J connectivity index is 2.03. The topological polar surface area (TPSA) is 102 Å². The fourth-order valence-corrected chi connectivity index (χ4v) is 2.11. The fraction of sp³-hybridized carbons (Fsp3) is 0.583. The van der Waals surface area contributed by atoms with Crippen molar-refractivity contribution in [2.45, 2.75) is 19.5 Å². The molecule has 1 aliphatic heterocycles. The van der Waals surface area contributed by atoms with Gasteiger partial charge in [0.2, 0.25) is 11.8 Å². The van der Waals surface area contributed by atoms with E-state index in [2.05, 4.69) is 10.4 Å². The summed E-state index contributed by atoms with van der Waals surface area (Å²) < 4.78 is 6.75. The number of morpholine rings is 1. The van der Waals surface area contributed by atoms with Gasteiger partial charge in [-0.25, -0.2) is 0 Å². The van der Waals surface area contributed by atoms with Gasteiger partial charge >= 0.3 is 0 Å². The van der Waals surface area contributed by atoms with Crippen molar-refractivity contribution >= 4 is 17.6 Å². The van der Waals surface area contributed by atoms with Gasteiger partial charge in [0, 0.05) is 19.3 Å². The highest BCUT2D eigenvalue weighted by Crippen LogP contribution is 2.09. The molecule has 2 amide bonds. The number of nitrogen functional groups attached to an aromatic ring is 1. The maximum atomic E-state index is 12.3. The SMILES string of the molecule is CCNC(=O)C1COCCN1C(=O)Cn1ccc(N)n1. The first-order valence-electron chi connectivity index (χ1n) is 6.55. The number of anilines is 1. The zero-order valence-electron chi connectivity index (χ0n) is 11.4. The molecule has 1 fully saturated rings. The minimum absolute atomic E-state index is 0.0626. The lowest BCUT2D eigenvalue weighted by atomic mass is 10.2. The second-order valence-electron chi connectivity index (χ2n) is 4.51. The van der Waals surface area contributed by atoms with Crippen molar-refractivity contribution in [3.8, 4) is 0 Å². The Bertz CT molecular complexity index is 487. The summed E-state index contributed by atoms with van der Waals surface area (Å²) in [7, 11) is 0. The number of hydrogen-bond donors (Lipinski definition) is 2. The van der Waals surface area contributed by atoms with E-state index in [1.807, 2.05) is 6.92 Å². The molecule has 0 aliphatic carbocycles. The van der Waals surface area contributed by atoms with E-state index in [1.165, 1.54) is 9.58 Å². The minimum atomic E-state index is -0.580. The van der Waals surface area contributed by atoms with Crippen LogP contribution in [0.15, 0.2) is 12.3 Å². The van der Waals surface area contributed by atoms with Crippen LogP contribution in [0.1, 0.15) is 6.92 Å². The van der Waals surface area contributed by atoms with Crippen molar-refractivity contribution in [3.05, 3.63) is 12.3 Å². The van der Waals surface area contributed by atoms with Gasteiger partial charge < -0.3 is 20.7 Å². The zero-order valence-corrected chi connectivity index (χ0v) is 11.4. The summed E-state index contributed by atoms with van der Waals surface area (Å²) in [5.74, 6) is -0.00626. The Kier molecular flexibility index (Phi) is 4.57. The van der Waals surface area contributed by atoms with Crippen LogP contribution in [0.5, 0.6) is 0 Å². The predicted molar refractivity (Wildman–Crippen MR) is 71.6 cm³/mol. The molecule has 1 aromatic rings. The van der Waals surface area contributed by atoms with Gasteiger partial charge in [0.15, 0.2) is 0 Å². The van der Waals surface area contributed by atoms with E-state index >= 15 is 0 Å². The molecule has 0 saturated carbocycles. The average Bonchev–Trinajstić information content (AvgIpc) is 2.84. The minimum Gasteiger partial charge on any atom is -0.382 e. The summed E-state index contributed by atoms with van der Waals surface area (Å²) in [4.78, 5) is 25.8. The summed E-state index contributed by atoms with van der Waals surface area (Å²) in [6.45, 7) is 3.47. The predicted octanol–water partition coefficient (Wildman–Crippen LogP) is -1.17. The smallest absolute Gasteiger partial charge is 0.245 e. The van der Waals surface area contributed by atoms with Crippen LogP contribution in [0.3, 0.4) is 0 Å². The lowest BCUT2D eigenvalue weighted by molar-refractivity contribution is -0.149. The number of carbonyl (C=O) groups is 2. The van der Waals surface area contributed by atoms with Crippen LogP contribution < -0.4 is 11.1 Å². The van der Waals surface area contributed by atoms with Gasteiger partial charge in [-0.1, -0.05) is 0 Å². The number of nitrogens with one attached hydrogen (secondary N) is 1. The van der Waals surface area contributed by atoms with Gasteiger partial charge in [0.25, 0.3) is 0 Å². The van der Waals surface area contributed by atoms with E-state index in [0.29, 0.717) is 25.5 Å². The number of nitrogens with two attached hydrogens (primary N) is 1. The van der Waals surface area contributed by atoms with Crippen LogP contribution in [0.4, 0.5) is 5.82 Å². The summed E-state index contributed by atoms with van der Waals surface area (Å²) in [6.07, 6.45) is 1.63. The molecule has 1 saturated heterocycles. The Morgan fingerprint density at radius 3 is 3.05 bits per heavy atom. The molecule has 1 aromatic heterocycles. The Hall–Kier alpha value is -2.09. The highest BCUT2D eigenvalue weighted by Gasteiger charge is 2.32. The summed E-state index contributed by atoms with van der Waals surface area (Å²) in [5, 5.41) is 6.68. The largest absolute Gasteiger partial charge is 0.382 e. The van der Waals surface area contributed by atoms with Crippen LogP contribution >= 0.6 is 0 Å². The molecule has 8 nitrogen and oxygen atoms in total.